The average molecular weight is 242 g/mol. The van der Waals surface area contributed by atoms with E-state index in [1.807, 2.05) is 36.4 Å². The fourth-order valence-electron chi connectivity index (χ4n) is 2.06. The van der Waals surface area contributed by atoms with Crippen LogP contribution in [0.2, 0.25) is 0 Å². The third-order valence-electron chi connectivity index (χ3n) is 3.00. The Labute approximate surface area is 105 Å². The van der Waals surface area contributed by atoms with Gasteiger partial charge in [-0.1, -0.05) is 42.5 Å². The fraction of sp³-hybridized carbons (Fsp3) is 0.133. The topological polar surface area (TPSA) is 57.5 Å². The van der Waals surface area contributed by atoms with Crippen molar-refractivity contribution < 1.29 is 15.0 Å². The number of aryl methyl sites for hydroxylation is 1. The van der Waals surface area contributed by atoms with E-state index in [2.05, 4.69) is 0 Å². The van der Waals surface area contributed by atoms with Crippen molar-refractivity contribution >= 4 is 5.97 Å². The van der Waals surface area contributed by atoms with Crippen LogP contribution in [0, 0.1) is 6.92 Å². The minimum absolute atomic E-state index is 0.184. The van der Waals surface area contributed by atoms with Gasteiger partial charge in [0.1, 0.15) is 0 Å². The van der Waals surface area contributed by atoms with E-state index < -0.39 is 5.97 Å². The van der Waals surface area contributed by atoms with E-state index >= 15 is 0 Å². The summed E-state index contributed by atoms with van der Waals surface area (Å²) in [7, 11) is 0. The van der Waals surface area contributed by atoms with E-state index in [4.69, 9.17) is 0 Å². The second-order valence-electron chi connectivity index (χ2n) is 4.11. The van der Waals surface area contributed by atoms with E-state index in [1.165, 1.54) is 0 Å². The molecule has 0 fully saturated rings. The van der Waals surface area contributed by atoms with Gasteiger partial charge in [-0.2, -0.15) is 0 Å². The van der Waals surface area contributed by atoms with Crippen LogP contribution in [0.25, 0.3) is 11.1 Å². The van der Waals surface area contributed by atoms with Crippen molar-refractivity contribution in [3.63, 3.8) is 0 Å². The molecule has 0 amide bonds. The summed E-state index contributed by atoms with van der Waals surface area (Å²) in [4.78, 5) is 11.4. The molecule has 2 N–H and O–H groups in total. The Kier molecular flexibility index (Phi) is 3.44. The molecule has 0 atom stereocenters. The number of hydrogen-bond donors (Lipinski definition) is 2. The molecule has 0 aliphatic rings. The monoisotopic (exact) mass is 242 g/mol. The second kappa shape index (κ2) is 5.02. The van der Waals surface area contributed by atoms with Crippen LogP contribution in [0.1, 0.15) is 21.5 Å². The summed E-state index contributed by atoms with van der Waals surface area (Å²) in [5.74, 6) is -1.01. The maximum absolute atomic E-state index is 11.4. The molecule has 0 radical (unpaired) electrons. The highest BCUT2D eigenvalue weighted by molar-refractivity contribution is 5.98. The van der Waals surface area contributed by atoms with Gasteiger partial charge < -0.3 is 10.2 Å². The van der Waals surface area contributed by atoms with Crippen LogP contribution in [0.3, 0.4) is 0 Å². The van der Waals surface area contributed by atoms with Gasteiger partial charge in [0.25, 0.3) is 0 Å². The molecule has 92 valence electrons. The summed E-state index contributed by atoms with van der Waals surface area (Å²) < 4.78 is 0. The maximum Gasteiger partial charge on any atom is 0.336 e. The largest absolute Gasteiger partial charge is 0.478 e. The Balaban J connectivity index is 2.72. The van der Waals surface area contributed by atoms with Crippen molar-refractivity contribution in [1.82, 2.24) is 0 Å². The Morgan fingerprint density at radius 1 is 1.11 bits per heavy atom. The molecule has 0 aliphatic carbocycles. The number of aliphatic hydroxyl groups excluding tert-OH is 1. The zero-order chi connectivity index (χ0) is 13.1. The number of aliphatic hydroxyl groups is 1. The summed E-state index contributed by atoms with van der Waals surface area (Å²) >= 11 is 0. The van der Waals surface area contributed by atoms with E-state index in [1.54, 1.807) is 13.0 Å². The summed E-state index contributed by atoms with van der Waals surface area (Å²) in [5.41, 5.74) is 2.92. The number of benzene rings is 2. The molecule has 3 nitrogen and oxygen atoms in total. The highest BCUT2D eigenvalue weighted by Crippen LogP contribution is 2.28. The van der Waals surface area contributed by atoms with Crippen LogP contribution < -0.4 is 0 Å². The number of hydrogen-bond acceptors (Lipinski definition) is 2. The van der Waals surface area contributed by atoms with Crippen LogP contribution in [0.5, 0.6) is 0 Å². The molecular weight excluding hydrogens is 228 g/mol. The van der Waals surface area contributed by atoms with Gasteiger partial charge in [0.2, 0.25) is 0 Å². The lowest BCUT2D eigenvalue weighted by molar-refractivity contribution is 0.0694. The quantitative estimate of drug-likeness (QED) is 0.870. The van der Waals surface area contributed by atoms with Gasteiger partial charge in [-0.3, -0.25) is 0 Å². The van der Waals surface area contributed by atoms with Crippen LogP contribution in [0.4, 0.5) is 0 Å². The van der Waals surface area contributed by atoms with Crippen LogP contribution in [-0.2, 0) is 6.61 Å². The minimum Gasteiger partial charge on any atom is -0.478 e. The van der Waals surface area contributed by atoms with Gasteiger partial charge in [0, 0.05) is 0 Å². The minimum atomic E-state index is -1.01. The second-order valence-corrected chi connectivity index (χ2v) is 4.11. The normalized spacial score (nSPS) is 10.3. The highest BCUT2D eigenvalue weighted by Gasteiger charge is 2.17. The molecule has 2 rings (SSSR count). The summed E-state index contributed by atoms with van der Waals surface area (Å²) in [6.45, 7) is 1.53. The summed E-state index contributed by atoms with van der Waals surface area (Å²) in [6, 6.07) is 12.9. The molecule has 0 heterocycles. The molecule has 0 saturated heterocycles. The Hall–Kier alpha value is -2.13. The molecule has 3 heteroatoms. The van der Waals surface area contributed by atoms with Gasteiger partial charge in [-0.05, 0) is 29.2 Å². The maximum atomic E-state index is 11.4. The first-order valence-corrected chi connectivity index (χ1v) is 5.67. The van der Waals surface area contributed by atoms with Crippen molar-refractivity contribution in [2.45, 2.75) is 13.5 Å². The lowest BCUT2D eigenvalue weighted by atomic mass is 9.93. The van der Waals surface area contributed by atoms with Crippen molar-refractivity contribution in [2.24, 2.45) is 0 Å². The number of carboxylic acid groups (broad SMARTS) is 1. The van der Waals surface area contributed by atoms with Gasteiger partial charge in [-0.25, -0.2) is 4.79 Å². The SMILES string of the molecule is Cc1ccc(-c2ccccc2)c(C(=O)O)c1CO. The van der Waals surface area contributed by atoms with Gasteiger partial charge >= 0.3 is 5.97 Å². The van der Waals surface area contributed by atoms with Crippen molar-refractivity contribution in [3.8, 4) is 11.1 Å². The zero-order valence-electron chi connectivity index (χ0n) is 10.1. The summed E-state index contributed by atoms with van der Waals surface area (Å²) in [5, 5.41) is 18.7. The van der Waals surface area contributed by atoms with E-state index in [0.717, 1.165) is 11.1 Å². The molecular formula is C15H14O3. The molecule has 0 spiro atoms. The number of rotatable bonds is 3. The summed E-state index contributed by atoms with van der Waals surface area (Å²) in [6.07, 6.45) is 0. The van der Waals surface area contributed by atoms with Crippen molar-refractivity contribution in [2.75, 3.05) is 0 Å². The standard InChI is InChI=1S/C15H14O3/c1-10-7-8-12(11-5-3-2-4-6-11)14(15(17)18)13(10)9-16/h2-8,16H,9H2,1H3,(H,17,18). The molecule has 0 unspecified atom stereocenters. The van der Waals surface area contributed by atoms with Crippen LogP contribution in [-0.4, -0.2) is 16.2 Å². The molecule has 0 aromatic heterocycles. The molecule has 18 heavy (non-hydrogen) atoms. The Morgan fingerprint density at radius 3 is 2.33 bits per heavy atom. The van der Waals surface area contributed by atoms with Crippen LogP contribution in [0.15, 0.2) is 42.5 Å². The third kappa shape index (κ3) is 2.13. The first kappa shape index (κ1) is 12.3. The van der Waals surface area contributed by atoms with E-state index in [9.17, 15) is 15.0 Å². The lowest BCUT2D eigenvalue weighted by Crippen LogP contribution is -2.07. The van der Waals surface area contributed by atoms with Crippen molar-refractivity contribution in [3.05, 3.63) is 59.2 Å². The molecule has 0 saturated carbocycles. The predicted octanol–water partition coefficient (Wildman–Crippen LogP) is 2.85. The van der Waals surface area contributed by atoms with Gasteiger partial charge in [-0.15, -0.1) is 0 Å². The fourth-order valence-corrected chi connectivity index (χ4v) is 2.06. The predicted molar refractivity (Wildman–Crippen MR) is 69.5 cm³/mol. The van der Waals surface area contributed by atoms with Crippen molar-refractivity contribution in [1.29, 1.82) is 0 Å². The number of aromatic carboxylic acids is 1. The van der Waals surface area contributed by atoms with Gasteiger partial charge in [0.05, 0.1) is 12.2 Å². The third-order valence-corrected chi connectivity index (χ3v) is 3.00. The number of carbonyl (C=O) groups is 1. The molecule has 0 aliphatic heterocycles. The van der Waals surface area contributed by atoms with E-state index in [0.29, 0.717) is 11.1 Å². The van der Waals surface area contributed by atoms with Crippen LogP contribution >= 0.6 is 0 Å². The zero-order valence-corrected chi connectivity index (χ0v) is 10.1. The lowest BCUT2D eigenvalue weighted by Gasteiger charge is -2.13. The smallest absolute Gasteiger partial charge is 0.336 e. The molecule has 2 aromatic carbocycles. The first-order chi connectivity index (χ1) is 8.65. The average Bonchev–Trinajstić information content (AvgIpc) is 2.39. The first-order valence-electron chi connectivity index (χ1n) is 5.67. The Bertz CT molecular complexity index is 574. The molecule has 0 bridgehead atoms. The highest BCUT2D eigenvalue weighted by atomic mass is 16.4. The van der Waals surface area contributed by atoms with Gasteiger partial charge in [0.15, 0.2) is 0 Å². The van der Waals surface area contributed by atoms with E-state index in [-0.39, 0.29) is 12.2 Å². The molecule has 2 aromatic rings. The number of carboxylic acids is 1. The Morgan fingerprint density at radius 2 is 1.78 bits per heavy atom.